The van der Waals surface area contributed by atoms with Crippen molar-refractivity contribution in [1.29, 1.82) is 0 Å². The van der Waals surface area contributed by atoms with E-state index in [0.29, 0.717) is 0 Å². The molecule has 26 heavy (non-hydrogen) atoms. The van der Waals surface area contributed by atoms with Gasteiger partial charge in [0.05, 0.1) is 17.9 Å². The highest BCUT2D eigenvalue weighted by Gasteiger charge is 2.24. The maximum Gasteiger partial charge on any atom is 0.252 e. The van der Waals surface area contributed by atoms with Crippen molar-refractivity contribution in [2.45, 2.75) is 23.5 Å². The number of benzene rings is 1. The highest BCUT2D eigenvalue weighted by atomic mass is 32.2. The molecule has 1 aliphatic heterocycles. The monoisotopic (exact) mass is 393 g/mol. The fourth-order valence-corrected chi connectivity index (χ4v) is 5.36. The van der Waals surface area contributed by atoms with Crippen LogP contribution in [0, 0.1) is 0 Å². The first-order valence-corrected chi connectivity index (χ1v) is 10.9. The summed E-state index contributed by atoms with van der Waals surface area (Å²) in [4.78, 5) is 14.7. The number of piperidine rings is 1. The van der Waals surface area contributed by atoms with Gasteiger partial charge in [0.2, 0.25) is 5.91 Å². The first-order valence-electron chi connectivity index (χ1n) is 8.62. The number of amides is 1. The van der Waals surface area contributed by atoms with Crippen LogP contribution in [0.2, 0.25) is 0 Å². The van der Waals surface area contributed by atoms with Crippen LogP contribution >= 0.6 is 11.3 Å². The lowest BCUT2D eigenvalue weighted by Crippen LogP contribution is -2.35. The number of nitrogens with zero attached hydrogens (tertiary/aromatic N) is 2. The van der Waals surface area contributed by atoms with Crippen LogP contribution in [-0.2, 0) is 14.8 Å². The summed E-state index contributed by atoms with van der Waals surface area (Å²) < 4.78 is 26.2. The van der Waals surface area contributed by atoms with Crippen molar-refractivity contribution in [2.24, 2.45) is 0 Å². The molecular weight excluding hydrogens is 370 g/mol. The maximum atomic E-state index is 12.4. The summed E-state index contributed by atoms with van der Waals surface area (Å²) >= 11 is 1.14. The third kappa shape index (κ3) is 4.25. The molecule has 1 aromatic heterocycles. The van der Waals surface area contributed by atoms with Gasteiger partial charge >= 0.3 is 0 Å². The molecule has 0 bridgehead atoms. The van der Waals surface area contributed by atoms with Gasteiger partial charge in [-0.1, -0.05) is 18.2 Å². The number of carbonyl (C=O) groups excluding carboxylic acids is 1. The topological polar surface area (TPSA) is 69.7 Å². The number of anilines is 2. The van der Waals surface area contributed by atoms with E-state index in [4.69, 9.17) is 0 Å². The minimum absolute atomic E-state index is 0.228. The van der Waals surface area contributed by atoms with E-state index in [-0.39, 0.29) is 16.7 Å². The average Bonchev–Trinajstić information content (AvgIpc) is 3.18. The number of rotatable bonds is 6. The van der Waals surface area contributed by atoms with Crippen LogP contribution in [0.1, 0.15) is 19.3 Å². The Morgan fingerprint density at radius 1 is 1.15 bits per heavy atom. The Kier molecular flexibility index (Phi) is 5.95. The SMILES string of the molecule is CN(CC(=O)Nc1ccccc1N1CCCCC1)S(=O)(=O)c1cccs1. The predicted octanol–water partition coefficient (Wildman–Crippen LogP) is 3.00. The molecule has 3 rings (SSSR count). The molecule has 8 heteroatoms. The summed E-state index contributed by atoms with van der Waals surface area (Å²) in [6.07, 6.45) is 3.52. The van der Waals surface area contributed by atoms with E-state index in [0.717, 1.165) is 52.9 Å². The number of nitrogens with one attached hydrogen (secondary N) is 1. The van der Waals surface area contributed by atoms with Gasteiger partial charge in [-0.05, 0) is 42.8 Å². The number of likely N-dealkylation sites (N-methyl/N-ethyl adjacent to an activating group) is 1. The number of hydrogen-bond donors (Lipinski definition) is 1. The molecule has 6 nitrogen and oxygen atoms in total. The molecule has 0 spiro atoms. The predicted molar refractivity (Wildman–Crippen MR) is 105 cm³/mol. The zero-order valence-corrected chi connectivity index (χ0v) is 16.4. The van der Waals surface area contributed by atoms with Crippen molar-refractivity contribution < 1.29 is 13.2 Å². The second-order valence-corrected chi connectivity index (χ2v) is 9.53. The highest BCUT2D eigenvalue weighted by molar-refractivity contribution is 7.91. The van der Waals surface area contributed by atoms with Crippen LogP contribution in [0.25, 0.3) is 0 Å². The van der Waals surface area contributed by atoms with Crippen molar-refractivity contribution in [2.75, 3.05) is 36.9 Å². The molecule has 0 aliphatic carbocycles. The van der Waals surface area contributed by atoms with Crippen molar-refractivity contribution in [1.82, 2.24) is 4.31 Å². The second-order valence-electron chi connectivity index (χ2n) is 6.31. The van der Waals surface area contributed by atoms with E-state index in [1.165, 1.54) is 13.5 Å². The number of carbonyl (C=O) groups is 1. The summed E-state index contributed by atoms with van der Waals surface area (Å²) in [6, 6.07) is 10.9. The lowest BCUT2D eigenvalue weighted by molar-refractivity contribution is -0.116. The Hall–Kier alpha value is -1.90. The van der Waals surface area contributed by atoms with Crippen molar-refractivity contribution >= 4 is 38.6 Å². The Bertz CT molecular complexity index is 844. The molecule has 1 fully saturated rings. The van der Waals surface area contributed by atoms with Crippen LogP contribution in [0.5, 0.6) is 0 Å². The van der Waals surface area contributed by atoms with Gasteiger partial charge in [-0.25, -0.2) is 8.42 Å². The van der Waals surface area contributed by atoms with E-state index in [1.54, 1.807) is 17.5 Å². The molecule has 2 aromatic rings. The summed E-state index contributed by atoms with van der Waals surface area (Å²) in [5, 5.41) is 4.58. The molecular formula is C18H23N3O3S2. The zero-order valence-electron chi connectivity index (χ0n) is 14.7. The summed E-state index contributed by atoms with van der Waals surface area (Å²) in [7, 11) is -2.21. The van der Waals surface area contributed by atoms with Gasteiger partial charge in [-0.15, -0.1) is 11.3 Å². The molecule has 0 radical (unpaired) electrons. The van der Waals surface area contributed by atoms with Gasteiger partial charge < -0.3 is 10.2 Å². The average molecular weight is 394 g/mol. The number of thiophene rings is 1. The fraction of sp³-hybridized carbons (Fsp3) is 0.389. The quantitative estimate of drug-likeness (QED) is 0.819. The van der Waals surface area contributed by atoms with Crippen molar-refractivity contribution in [3.05, 3.63) is 41.8 Å². The maximum absolute atomic E-state index is 12.4. The molecule has 0 saturated carbocycles. The second kappa shape index (κ2) is 8.20. The van der Waals surface area contributed by atoms with E-state index < -0.39 is 10.0 Å². The summed E-state index contributed by atoms with van der Waals surface area (Å²) in [5.41, 5.74) is 1.71. The van der Waals surface area contributed by atoms with Gasteiger partial charge in [0.25, 0.3) is 10.0 Å². The number of hydrogen-bond acceptors (Lipinski definition) is 5. The van der Waals surface area contributed by atoms with Crippen LogP contribution in [0.15, 0.2) is 46.0 Å². The molecule has 1 aliphatic rings. The molecule has 2 heterocycles. The molecule has 0 atom stereocenters. The number of sulfonamides is 1. The lowest BCUT2D eigenvalue weighted by Gasteiger charge is -2.30. The molecule has 1 amide bonds. The van der Waals surface area contributed by atoms with Crippen LogP contribution in [0.3, 0.4) is 0 Å². The first kappa shape index (κ1) is 18.9. The number of para-hydroxylation sites is 2. The van der Waals surface area contributed by atoms with E-state index in [1.807, 2.05) is 24.3 Å². The fourth-order valence-electron chi connectivity index (χ4n) is 3.03. The third-order valence-electron chi connectivity index (χ3n) is 4.40. The van der Waals surface area contributed by atoms with Gasteiger partial charge in [-0.2, -0.15) is 4.31 Å². The van der Waals surface area contributed by atoms with E-state index >= 15 is 0 Å². The van der Waals surface area contributed by atoms with Crippen LogP contribution < -0.4 is 10.2 Å². The van der Waals surface area contributed by atoms with Crippen molar-refractivity contribution in [3.63, 3.8) is 0 Å². The third-order valence-corrected chi connectivity index (χ3v) is 7.58. The Labute approximate surface area is 158 Å². The zero-order chi connectivity index (χ0) is 18.6. The Morgan fingerprint density at radius 2 is 1.88 bits per heavy atom. The highest BCUT2D eigenvalue weighted by Crippen LogP contribution is 2.28. The lowest BCUT2D eigenvalue weighted by atomic mass is 10.1. The van der Waals surface area contributed by atoms with Gasteiger partial charge in [0.15, 0.2) is 0 Å². The molecule has 1 N–H and O–H groups in total. The minimum atomic E-state index is -3.63. The minimum Gasteiger partial charge on any atom is -0.370 e. The normalized spacial score (nSPS) is 15.2. The smallest absolute Gasteiger partial charge is 0.252 e. The van der Waals surface area contributed by atoms with Gasteiger partial charge in [0, 0.05) is 20.1 Å². The van der Waals surface area contributed by atoms with E-state index in [2.05, 4.69) is 10.2 Å². The molecule has 140 valence electrons. The van der Waals surface area contributed by atoms with Crippen LogP contribution in [0.4, 0.5) is 11.4 Å². The summed E-state index contributed by atoms with van der Waals surface area (Å²) in [5.74, 6) is -0.350. The van der Waals surface area contributed by atoms with Gasteiger partial charge in [-0.3, -0.25) is 4.79 Å². The Balaban J connectivity index is 1.69. The first-order chi connectivity index (χ1) is 12.5. The van der Waals surface area contributed by atoms with Crippen molar-refractivity contribution in [3.8, 4) is 0 Å². The molecule has 0 unspecified atom stereocenters. The van der Waals surface area contributed by atoms with Gasteiger partial charge in [0.1, 0.15) is 4.21 Å². The largest absolute Gasteiger partial charge is 0.370 e. The van der Waals surface area contributed by atoms with Crippen LogP contribution in [-0.4, -0.2) is 45.3 Å². The molecule has 1 saturated heterocycles. The standard InChI is InChI=1S/C18H23N3O3S2/c1-20(26(23,24)18-10-7-13-25-18)14-17(22)19-15-8-3-4-9-16(15)21-11-5-2-6-12-21/h3-4,7-10,13H,2,5-6,11-12,14H2,1H3,(H,19,22). The van der Waals surface area contributed by atoms with E-state index in [9.17, 15) is 13.2 Å². The molecule has 1 aromatic carbocycles. The summed E-state index contributed by atoms with van der Waals surface area (Å²) in [6.45, 7) is 1.72. The Morgan fingerprint density at radius 3 is 2.58 bits per heavy atom.